The van der Waals surface area contributed by atoms with Crippen LogP contribution in [-0.2, 0) is 9.59 Å². The van der Waals surface area contributed by atoms with Gasteiger partial charge in [-0.25, -0.2) is 4.79 Å². The van der Waals surface area contributed by atoms with Gasteiger partial charge in [0.25, 0.3) is 0 Å². The predicted molar refractivity (Wildman–Crippen MR) is 76.4 cm³/mol. The lowest BCUT2D eigenvalue weighted by atomic mass is 9.61. The van der Waals surface area contributed by atoms with Crippen molar-refractivity contribution < 1.29 is 19.8 Å². The third-order valence-corrected chi connectivity index (χ3v) is 5.03. The molecule has 0 aromatic rings. The van der Waals surface area contributed by atoms with Gasteiger partial charge >= 0.3 is 5.97 Å². The zero-order chi connectivity index (χ0) is 14.9. The Bertz CT molecular complexity index is 487. The van der Waals surface area contributed by atoms with E-state index in [9.17, 15) is 19.8 Å². The molecule has 0 bridgehead atoms. The van der Waals surface area contributed by atoms with Crippen LogP contribution in [0, 0.1) is 17.8 Å². The highest BCUT2D eigenvalue weighted by atomic mass is 32.2. The summed E-state index contributed by atoms with van der Waals surface area (Å²) in [5.74, 6) is -1.55. The van der Waals surface area contributed by atoms with Gasteiger partial charge in [-0.3, -0.25) is 9.79 Å². The molecule has 2 aliphatic carbocycles. The fraction of sp³-hybridized carbons (Fsp3) is 0.615. The summed E-state index contributed by atoms with van der Waals surface area (Å²) in [4.78, 5) is 28.0. The van der Waals surface area contributed by atoms with E-state index in [2.05, 4.69) is 4.99 Å². The van der Waals surface area contributed by atoms with Crippen LogP contribution in [0.4, 0.5) is 0 Å². The minimum Gasteiger partial charge on any atom is -0.478 e. The van der Waals surface area contributed by atoms with E-state index in [1.165, 1.54) is 18.1 Å². The van der Waals surface area contributed by atoms with Crippen molar-refractivity contribution in [2.45, 2.75) is 19.4 Å². The smallest absolute Gasteiger partial charge is 0.333 e. The van der Waals surface area contributed by atoms with Gasteiger partial charge < -0.3 is 15.9 Å². The van der Waals surface area contributed by atoms with Crippen molar-refractivity contribution in [2.75, 3.05) is 12.3 Å². The second-order valence-electron chi connectivity index (χ2n) is 5.06. The van der Waals surface area contributed by atoms with E-state index >= 15 is 0 Å². The number of nitrogens with two attached hydrogens (primary N) is 1. The number of carboxylic acid groups (broad SMARTS) is 1. The molecule has 0 saturated heterocycles. The molecule has 2 aliphatic rings. The van der Waals surface area contributed by atoms with Gasteiger partial charge in [0, 0.05) is 11.7 Å². The van der Waals surface area contributed by atoms with E-state index < -0.39 is 23.9 Å². The van der Waals surface area contributed by atoms with Crippen LogP contribution in [0.2, 0.25) is 0 Å². The summed E-state index contributed by atoms with van der Waals surface area (Å²) in [5.41, 5.74) is 5.36. The molecule has 1 saturated carbocycles. The van der Waals surface area contributed by atoms with E-state index in [-0.39, 0.29) is 17.3 Å². The molecule has 4 N–H and O–H groups in total. The normalized spacial score (nSPS) is 30.5. The number of aliphatic hydroxyl groups is 1. The molecule has 2 rings (SSSR count). The number of hydrogen-bond acceptors (Lipinski definition) is 5. The number of nitrogens with zero attached hydrogens (tertiary/aromatic N) is 1. The van der Waals surface area contributed by atoms with Crippen LogP contribution < -0.4 is 5.73 Å². The van der Waals surface area contributed by atoms with Crippen LogP contribution in [0.3, 0.4) is 0 Å². The number of aliphatic imine (C=N–C) groups is 1. The maximum absolute atomic E-state index is 12.0. The monoisotopic (exact) mass is 298 g/mol. The van der Waals surface area contributed by atoms with Crippen molar-refractivity contribution in [3.05, 3.63) is 10.5 Å². The number of carboxylic acids is 1. The molecule has 0 heterocycles. The lowest BCUT2D eigenvalue weighted by Gasteiger charge is -2.41. The Morgan fingerprint density at radius 1 is 1.65 bits per heavy atom. The molecule has 110 valence electrons. The SMILES string of the molecule is C[C@H](O)[C@@H]1C(=O)[C@@H]2C(C(=O)O)=C(SCCN=CN)C[C@H]21. The van der Waals surface area contributed by atoms with Crippen LogP contribution >= 0.6 is 11.8 Å². The minimum atomic E-state index is -1.03. The number of allylic oxidation sites excluding steroid dienone is 1. The zero-order valence-electron chi connectivity index (χ0n) is 11.2. The Morgan fingerprint density at radius 3 is 2.90 bits per heavy atom. The van der Waals surface area contributed by atoms with Crippen LogP contribution in [0.5, 0.6) is 0 Å². The summed E-state index contributed by atoms with van der Waals surface area (Å²) < 4.78 is 0. The molecule has 1 fully saturated rings. The molecule has 0 aromatic carbocycles. The first kappa shape index (κ1) is 15.1. The number of carbonyl (C=O) groups is 2. The largest absolute Gasteiger partial charge is 0.478 e. The van der Waals surface area contributed by atoms with Crippen LogP contribution in [0.1, 0.15) is 13.3 Å². The Hall–Kier alpha value is -1.34. The first-order chi connectivity index (χ1) is 9.49. The Kier molecular flexibility index (Phi) is 4.49. The van der Waals surface area contributed by atoms with E-state index in [1.54, 1.807) is 6.92 Å². The molecular weight excluding hydrogens is 280 g/mol. The first-order valence-corrected chi connectivity index (χ1v) is 7.48. The van der Waals surface area contributed by atoms with E-state index in [4.69, 9.17) is 5.73 Å². The molecule has 0 spiro atoms. The highest BCUT2D eigenvalue weighted by Crippen LogP contribution is 2.54. The number of rotatable bonds is 6. The Balaban J connectivity index is 2.11. The molecule has 0 amide bonds. The molecule has 7 heteroatoms. The molecule has 0 unspecified atom stereocenters. The van der Waals surface area contributed by atoms with Gasteiger partial charge in [-0.05, 0) is 24.2 Å². The summed E-state index contributed by atoms with van der Waals surface area (Å²) in [6, 6.07) is 0. The standard InChI is InChI=1S/C13H18N2O4S/c1-6(16)9-7-4-8(20-3-2-15-5-14)11(13(18)19)10(7)12(9)17/h5-7,9-10,16H,2-4H2,1H3,(H2,14,15)(H,18,19)/t6-,7-,9-,10-/m0/s1. The van der Waals surface area contributed by atoms with Gasteiger partial charge in [-0.2, -0.15) is 0 Å². The van der Waals surface area contributed by atoms with E-state index in [0.717, 1.165) is 4.91 Å². The number of thioether (sulfide) groups is 1. The third-order valence-electron chi connectivity index (χ3n) is 3.91. The van der Waals surface area contributed by atoms with Crippen LogP contribution in [-0.4, -0.2) is 46.7 Å². The maximum atomic E-state index is 12.0. The fourth-order valence-corrected chi connectivity index (χ4v) is 4.22. The molecule has 20 heavy (non-hydrogen) atoms. The third kappa shape index (κ3) is 2.47. The summed E-state index contributed by atoms with van der Waals surface area (Å²) in [6.07, 6.45) is 1.06. The second-order valence-corrected chi connectivity index (χ2v) is 6.25. The van der Waals surface area contributed by atoms with Gasteiger partial charge in [0.2, 0.25) is 0 Å². The van der Waals surface area contributed by atoms with Gasteiger partial charge in [-0.1, -0.05) is 0 Å². The Labute approximate surface area is 121 Å². The van der Waals surface area contributed by atoms with Crippen molar-refractivity contribution in [2.24, 2.45) is 28.5 Å². The molecule has 4 atom stereocenters. The lowest BCUT2D eigenvalue weighted by molar-refractivity contribution is -0.149. The van der Waals surface area contributed by atoms with E-state index in [1.807, 2.05) is 0 Å². The maximum Gasteiger partial charge on any atom is 0.333 e. The number of Topliss-reactive ketones (excluding diaryl/α,β-unsaturated/α-hetero) is 1. The Morgan fingerprint density at radius 2 is 2.35 bits per heavy atom. The van der Waals surface area contributed by atoms with Crippen molar-refractivity contribution in [1.82, 2.24) is 0 Å². The topological polar surface area (TPSA) is 113 Å². The highest BCUT2D eigenvalue weighted by Gasteiger charge is 2.58. The number of aliphatic hydroxyl groups excluding tert-OH is 1. The summed E-state index contributed by atoms with van der Waals surface area (Å²) >= 11 is 1.42. The van der Waals surface area contributed by atoms with Crippen molar-refractivity contribution in [1.29, 1.82) is 0 Å². The predicted octanol–water partition coefficient (Wildman–Crippen LogP) is 0.261. The fourth-order valence-electron chi connectivity index (χ4n) is 3.10. The van der Waals surface area contributed by atoms with Gasteiger partial charge in [0.05, 0.1) is 30.5 Å². The van der Waals surface area contributed by atoms with Gasteiger partial charge in [0.15, 0.2) is 0 Å². The van der Waals surface area contributed by atoms with Gasteiger partial charge in [0.1, 0.15) is 5.78 Å². The average Bonchev–Trinajstić information content (AvgIpc) is 2.69. The first-order valence-electron chi connectivity index (χ1n) is 6.50. The van der Waals surface area contributed by atoms with Crippen LogP contribution in [0.25, 0.3) is 0 Å². The summed E-state index contributed by atoms with van der Waals surface area (Å²) in [5, 5.41) is 18.9. The number of ketones is 1. The molecular formula is C13H18N2O4S. The summed E-state index contributed by atoms with van der Waals surface area (Å²) in [6.45, 7) is 2.10. The average molecular weight is 298 g/mol. The summed E-state index contributed by atoms with van der Waals surface area (Å²) in [7, 11) is 0. The second kappa shape index (κ2) is 5.97. The minimum absolute atomic E-state index is 0.0610. The van der Waals surface area contributed by atoms with Crippen molar-refractivity contribution >= 4 is 29.9 Å². The highest BCUT2D eigenvalue weighted by molar-refractivity contribution is 8.03. The van der Waals surface area contributed by atoms with Crippen molar-refractivity contribution in [3.63, 3.8) is 0 Å². The lowest BCUT2D eigenvalue weighted by Crippen LogP contribution is -2.51. The molecule has 0 aliphatic heterocycles. The molecule has 0 radical (unpaired) electrons. The molecule has 6 nitrogen and oxygen atoms in total. The van der Waals surface area contributed by atoms with Crippen molar-refractivity contribution in [3.8, 4) is 0 Å². The number of carbonyl (C=O) groups excluding carboxylic acids is 1. The number of aliphatic carboxylic acids is 1. The number of hydrogen-bond donors (Lipinski definition) is 3. The van der Waals surface area contributed by atoms with Gasteiger partial charge in [-0.15, -0.1) is 11.8 Å². The molecule has 0 aromatic heterocycles. The van der Waals surface area contributed by atoms with E-state index in [0.29, 0.717) is 18.7 Å². The number of fused-ring (bicyclic) bond motifs is 1. The van der Waals surface area contributed by atoms with Crippen LogP contribution in [0.15, 0.2) is 15.5 Å². The zero-order valence-corrected chi connectivity index (χ0v) is 12.0. The quantitative estimate of drug-likeness (QED) is 0.368.